The van der Waals surface area contributed by atoms with Gasteiger partial charge in [-0.05, 0) is 128 Å². The fourth-order valence-electron chi connectivity index (χ4n) is 7.27. The minimum Gasteiger partial charge on any atom is -0.310 e. The van der Waals surface area contributed by atoms with E-state index in [1.54, 1.807) is 0 Å². The number of nitrogens with zero attached hydrogens (tertiary/aromatic N) is 1. The van der Waals surface area contributed by atoms with Crippen molar-refractivity contribution < 1.29 is 0 Å². The van der Waals surface area contributed by atoms with E-state index in [-0.39, 0.29) is 0 Å². The smallest absolute Gasteiger partial charge is 0.0468 e. The maximum Gasteiger partial charge on any atom is 0.0468 e. The quantitative estimate of drug-likeness (QED) is 0.126. The van der Waals surface area contributed by atoms with E-state index in [4.69, 9.17) is 0 Å². The van der Waals surface area contributed by atoms with Crippen molar-refractivity contribution in [3.63, 3.8) is 0 Å². The number of fused-ring (bicyclic) bond motifs is 3. The van der Waals surface area contributed by atoms with Crippen LogP contribution in [0.25, 0.3) is 60.1 Å². The lowest BCUT2D eigenvalue weighted by Crippen LogP contribution is -2.10. The zero-order chi connectivity index (χ0) is 33.3. The second-order valence-corrected chi connectivity index (χ2v) is 12.6. The first-order valence-electron chi connectivity index (χ1n) is 16.9. The molecule has 0 saturated heterocycles. The second kappa shape index (κ2) is 12.8. The Hall–Kier alpha value is -6.18. The van der Waals surface area contributed by atoms with Crippen molar-refractivity contribution in [2.45, 2.75) is 13.8 Å². The van der Waals surface area contributed by atoms with Gasteiger partial charge in [0.05, 0.1) is 0 Å². The van der Waals surface area contributed by atoms with Crippen LogP contribution in [0.1, 0.15) is 18.1 Å². The predicted molar refractivity (Wildman–Crippen MR) is 213 cm³/mol. The summed E-state index contributed by atoms with van der Waals surface area (Å²) in [7, 11) is 0. The van der Waals surface area contributed by atoms with Gasteiger partial charge in [-0.25, -0.2) is 0 Å². The molecule has 49 heavy (non-hydrogen) atoms. The topological polar surface area (TPSA) is 3.24 Å². The summed E-state index contributed by atoms with van der Waals surface area (Å²) < 4.78 is 0. The molecule has 8 rings (SSSR count). The molecule has 0 spiro atoms. The summed E-state index contributed by atoms with van der Waals surface area (Å²) in [6.45, 7) is 8.29. The van der Waals surface area contributed by atoms with Crippen LogP contribution in [0.2, 0.25) is 0 Å². The molecule has 1 nitrogen and oxygen atoms in total. The highest BCUT2D eigenvalue weighted by atomic mass is 15.1. The highest BCUT2D eigenvalue weighted by Gasteiger charge is 2.16. The second-order valence-electron chi connectivity index (χ2n) is 12.6. The summed E-state index contributed by atoms with van der Waals surface area (Å²) in [5.41, 5.74) is 11.9. The third-order valence-electron chi connectivity index (χ3n) is 9.79. The minimum atomic E-state index is 1.10. The van der Waals surface area contributed by atoms with Crippen molar-refractivity contribution >= 4 is 55.0 Å². The number of aryl methyl sites for hydroxylation is 1. The molecule has 1 heteroatoms. The largest absolute Gasteiger partial charge is 0.310 e. The SMILES string of the molecule is C=C/C(=C\C)c1ccc(N(c2ccc(-c3ccccc3)cc2)c2ccc3cc(-c4c5ccccc5c(C)c5ccccc45)ccc3c2)cc1. The fraction of sp³-hybridized carbons (Fsp3) is 0.0417. The van der Waals surface area contributed by atoms with E-state index < -0.39 is 0 Å². The number of rotatable bonds is 7. The van der Waals surface area contributed by atoms with Gasteiger partial charge in [-0.3, -0.25) is 0 Å². The van der Waals surface area contributed by atoms with Crippen molar-refractivity contribution in [1.82, 2.24) is 0 Å². The summed E-state index contributed by atoms with van der Waals surface area (Å²) in [5, 5.41) is 7.62. The molecular formula is C48H37N. The minimum absolute atomic E-state index is 1.10. The molecule has 0 fully saturated rings. The summed E-state index contributed by atoms with van der Waals surface area (Å²) in [6.07, 6.45) is 4.01. The van der Waals surface area contributed by atoms with Gasteiger partial charge < -0.3 is 4.90 Å². The van der Waals surface area contributed by atoms with Gasteiger partial charge in [0.15, 0.2) is 0 Å². The molecule has 0 aliphatic rings. The van der Waals surface area contributed by atoms with Crippen LogP contribution in [0.4, 0.5) is 17.1 Å². The number of benzene rings is 8. The van der Waals surface area contributed by atoms with Crippen molar-refractivity contribution in [3.05, 3.63) is 194 Å². The predicted octanol–water partition coefficient (Wildman–Crippen LogP) is 13.8. The maximum atomic E-state index is 4.00. The maximum absolute atomic E-state index is 4.00. The average molecular weight is 628 g/mol. The summed E-state index contributed by atoms with van der Waals surface area (Å²) in [6, 6.07) is 59.5. The van der Waals surface area contributed by atoms with Crippen molar-refractivity contribution in [2.24, 2.45) is 0 Å². The van der Waals surface area contributed by atoms with Crippen LogP contribution in [0.3, 0.4) is 0 Å². The van der Waals surface area contributed by atoms with E-state index in [2.05, 4.69) is 195 Å². The lowest BCUT2D eigenvalue weighted by molar-refractivity contribution is 1.29. The Bertz CT molecular complexity index is 2450. The van der Waals surface area contributed by atoms with Gasteiger partial charge in [-0.1, -0.05) is 140 Å². The number of anilines is 3. The lowest BCUT2D eigenvalue weighted by Gasteiger charge is -2.26. The van der Waals surface area contributed by atoms with Crippen LogP contribution < -0.4 is 4.90 Å². The van der Waals surface area contributed by atoms with Gasteiger partial charge in [-0.15, -0.1) is 0 Å². The Morgan fingerprint density at radius 1 is 0.490 bits per heavy atom. The highest BCUT2D eigenvalue weighted by Crippen LogP contribution is 2.41. The molecule has 0 aliphatic carbocycles. The van der Waals surface area contributed by atoms with Crippen LogP contribution in [0.15, 0.2) is 183 Å². The third kappa shape index (κ3) is 5.50. The van der Waals surface area contributed by atoms with Gasteiger partial charge in [0.25, 0.3) is 0 Å². The molecule has 0 N–H and O–H groups in total. The molecule has 8 aromatic rings. The van der Waals surface area contributed by atoms with Crippen LogP contribution in [0, 0.1) is 6.92 Å². The molecule has 234 valence electrons. The fourth-order valence-corrected chi connectivity index (χ4v) is 7.27. The molecule has 0 aromatic heterocycles. The van der Waals surface area contributed by atoms with E-state index in [1.165, 1.54) is 60.1 Å². The summed E-state index contributed by atoms with van der Waals surface area (Å²) in [5.74, 6) is 0. The zero-order valence-electron chi connectivity index (χ0n) is 27.9. The molecule has 0 radical (unpaired) electrons. The normalized spacial score (nSPS) is 11.7. The average Bonchev–Trinajstić information content (AvgIpc) is 3.17. The Morgan fingerprint density at radius 3 is 1.59 bits per heavy atom. The summed E-state index contributed by atoms with van der Waals surface area (Å²) >= 11 is 0. The van der Waals surface area contributed by atoms with Crippen molar-refractivity contribution in [2.75, 3.05) is 4.90 Å². The lowest BCUT2D eigenvalue weighted by atomic mass is 9.88. The molecule has 0 bridgehead atoms. The first kappa shape index (κ1) is 30.2. The van der Waals surface area contributed by atoms with E-state index >= 15 is 0 Å². The van der Waals surface area contributed by atoms with E-state index in [1.807, 2.05) is 6.08 Å². The van der Waals surface area contributed by atoms with E-state index in [0.717, 1.165) is 28.2 Å². The van der Waals surface area contributed by atoms with Gasteiger partial charge in [0, 0.05) is 17.1 Å². The Morgan fingerprint density at radius 2 is 0.980 bits per heavy atom. The first-order valence-corrected chi connectivity index (χ1v) is 16.9. The van der Waals surface area contributed by atoms with E-state index in [0.29, 0.717) is 0 Å². The molecule has 8 aromatic carbocycles. The Kier molecular flexibility index (Phi) is 7.87. The van der Waals surface area contributed by atoms with Crippen molar-refractivity contribution in [3.8, 4) is 22.3 Å². The molecule has 0 unspecified atom stereocenters. The first-order chi connectivity index (χ1) is 24.1. The molecule has 0 amide bonds. The highest BCUT2D eigenvalue weighted by molar-refractivity contribution is 6.15. The third-order valence-corrected chi connectivity index (χ3v) is 9.79. The summed E-state index contributed by atoms with van der Waals surface area (Å²) in [4.78, 5) is 2.34. The number of hydrogen-bond donors (Lipinski definition) is 0. The number of hydrogen-bond acceptors (Lipinski definition) is 1. The molecule has 0 saturated carbocycles. The van der Waals surface area contributed by atoms with Crippen molar-refractivity contribution in [1.29, 1.82) is 0 Å². The molecule has 0 aliphatic heterocycles. The van der Waals surface area contributed by atoms with Gasteiger partial charge in [-0.2, -0.15) is 0 Å². The zero-order valence-corrected chi connectivity index (χ0v) is 27.9. The van der Waals surface area contributed by atoms with Crippen LogP contribution in [-0.2, 0) is 0 Å². The Balaban J connectivity index is 1.24. The Labute approximate surface area is 288 Å². The van der Waals surface area contributed by atoms with Crippen LogP contribution >= 0.6 is 0 Å². The van der Waals surface area contributed by atoms with Crippen LogP contribution in [-0.4, -0.2) is 0 Å². The molecule has 0 heterocycles. The molecule has 0 atom stereocenters. The molecular weight excluding hydrogens is 591 g/mol. The monoisotopic (exact) mass is 627 g/mol. The standard InChI is InChI=1S/C48H37N/c1-4-34(5-2)36-21-26-41(27-22-36)49(42-28-23-37(24-29-42)35-13-7-6-8-14-35)43-30-25-38-31-40(20-19-39(38)32-43)48-46-17-11-9-15-44(46)33(3)45-16-10-12-18-47(45)48/h4-32H,1H2,2-3H3/b34-5+. The van der Waals surface area contributed by atoms with Gasteiger partial charge >= 0.3 is 0 Å². The van der Waals surface area contributed by atoms with Crippen LogP contribution in [0.5, 0.6) is 0 Å². The van der Waals surface area contributed by atoms with Gasteiger partial charge in [0.2, 0.25) is 0 Å². The van der Waals surface area contributed by atoms with E-state index in [9.17, 15) is 0 Å². The number of allylic oxidation sites excluding steroid dienone is 3. The van der Waals surface area contributed by atoms with Gasteiger partial charge in [0.1, 0.15) is 0 Å².